The van der Waals surface area contributed by atoms with Crippen molar-refractivity contribution < 1.29 is 14.3 Å². The molecule has 0 saturated carbocycles. The molecule has 2 amide bonds. The van der Waals surface area contributed by atoms with Gasteiger partial charge in [0.2, 0.25) is 0 Å². The second kappa shape index (κ2) is 7.81. The Bertz CT molecular complexity index is 1130. The third-order valence-corrected chi connectivity index (χ3v) is 4.90. The Labute approximate surface area is 173 Å². The van der Waals surface area contributed by atoms with E-state index in [-0.39, 0.29) is 5.70 Å². The van der Waals surface area contributed by atoms with Gasteiger partial charge in [-0.25, -0.2) is 4.90 Å². The zero-order valence-corrected chi connectivity index (χ0v) is 16.3. The Kier molecular flexibility index (Phi) is 5.06. The number of benzene rings is 3. The third kappa shape index (κ3) is 3.48. The van der Waals surface area contributed by atoms with Gasteiger partial charge in [-0.15, -0.1) is 0 Å². The summed E-state index contributed by atoms with van der Waals surface area (Å²) >= 11 is 6.27. The number of imide groups is 1. The normalized spacial score (nSPS) is 13.8. The summed E-state index contributed by atoms with van der Waals surface area (Å²) in [7, 11) is 1.57. The minimum Gasteiger partial charge on any atom is -0.497 e. The maximum absolute atomic E-state index is 13.3. The molecule has 0 unspecified atom stereocenters. The van der Waals surface area contributed by atoms with Crippen LogP contribution in [0.15, 0.2) is 84.6 Å². The number of carbonyl (C=O) groups excluding carboxylic acids is 2. The van der Waals surface area contributed by atoms with E-state index in [4.69, 9.17) is 16.3 Å². The molecule has 29 heavy (non-hydrogen) atoms. The van der Waals surface area contributed by atoms with Crippen molar-refractivity contribution in [1.29, 1.82) is 0 Å². The van der Waals surface area contributed by atoms with Crippen LogP contribution in [0.2, 0.25) is 5.02 Å². The second-order valence-electron chi connectivity index (χ2n) is 6.37. The van der Waals surface area contributed by atoms with Crippen LogP contribution >= 0.6 is 11.6 Å². The molecule has 5 nitrogen and oxygen atoms in total. The van der Waals surface area contributed by atoms with Gasteiger partial charge in [0.1, 0.15) is 11.4 Å². The topological polar surface area (TPSA) is 58.6 Å². The van der Waals surface area contributed by atoms with Gasteiger partial charge in [0.15, 0.2) is 0 Å². The number of rotatable bonds is 5. The van der Waals surface area contributed by atoms with Crippen molar-refractivity contribution in [1.82, 2.24) is 0 Å². The highest BCUT2D eigenvalue weighted by atomic mass is 35.5. The number of hydrogen-bond acceptors (Lipinski definition) is 4. The predicted molar refractivity (Wildman–Crippen MR) is 114 cm³/mol. The molecular formula is C23H17ClN2O3. The average Bonchev–Trinajstić information content (AvgIpc) is 2.99. The van der Waals surface area contributed by atoms with Crippen LogP contribution in [0.5, 0.6) is 5.75 Å². The van der Waals surface area contributed by atoms with Gasteiger partial charge < -0.3 is 10.1 Å². The van der Waals surface area contributed by atoms with Crippen LogP contribution in [0.3, 0.4) is 0 Å². The van der Waals surface area contributed by atoms with E-state index in [1.807, 2.05) is 18.2 Å². The fourth-order valence-corrected chi connectivity index (χ4v) is 3.44. The van der Waals surface area contributed by atoms with Crippen LogP contribution in [0.1, 0.15) is 5.56 Å². The Morgan fingerprint density at radius 1 is 0.862 bits per heavy atom. The zero-order chi connectivity index (χ0) is 20.4. The first-order valence-corrected chi connectivity index (χ1v) is 9.32. The van der Waals surface area contributed by atoms with E-state index >= 15 is 0 Å². The first-order valence-electron chi connectivity index (χ1n) is 8.94. The largest absolute Gasteiger partial charge is 0.497 e. The standard InChI is InChI=1S/C23H17ClN2O3/c1-29-17-11-7-10-16(14-17)25-21-20(15-8-3-2-4-9-15)22(27)26(23(21)28)19-13-6-5-12-18(19)24/h2-14,25H,1H3. The lowest BCUT2D eigenvalue weighted by Crippen LogP contribution is -2.32. The molecule has 1 aliphatic heterocycles. The molecule has 1 N–H and O–H groups in total. The van der Waals surface area contributed by atoms with Crippen LogP contribution in [0.25, 0.3) is 5.57 Å². The summed E-state index contributed by atoms with van der Waals surface area (Å²) in [6, 6.07) is 23.0. The highest BCUT2D eigenvalue weighted by Crippen LogP contribution is 2.36. The first-order chi connectivity index (χ1) is 14.1. The maximum atomic E-state index is 13.3. The Hall–Kier alpha value is -3.57. The Morgan fingerprint density at radius 2 is 1.59 bits per heavy atom. The number of nitrogens with zero attached hydrogens (tertiary/aromatic N) is 1. The molecule has 0 aliphatic carbocycles. The number of nitrogens with one attached hydrogen (secondary N) is 1. The van der Waals surface area contributed by atoms with Gasteiger partial charge in [-0.3, -0.25) is 9.59 Å². The lowest BCUT2D eigenvalue weighted by Gasteiger charge is -2.16. The van der Waals surface area contributed by atoms with E-state index in [1.165, 1.54) is 0 Å². The van der Waals surface area contributed by atoms with Gasteiger partial charge in [0.25, 0.3) is 11.8 Å². The summed E-state index contributed by atoms with van der Waals surface area (Å²) in [5.41, 5.74) is 2.11. The Balaban J connectivity index is 1.83. The molecule has 144 valence electrons. The predicted octanol–water partition coefficient (Wildman–Crippen LogP) is 4.75. The quantitative estimate of drug-likeness (QED) is 0.624. The molecule has 0 fully saturated rings. The molecule has 1 heterocycles. The van der Waals surface area contributed by atoms with Crippen molar-refractivity contribution in [3.63, 3.8) is 0 Å². The number of anilines is 2. The maximum Gasteiger partial charge on any atom is 0.282 e. The molecule has 0 radical (unpaired) electrons. The summed E-state index contributed by atoms with van der Waals surface area (Å²) in [5.74, 6) is -0.263. The summed E-state index contributed by atoms with van der Waals surface area (Å²) in [4.78, 5) is 27.7. The SMILES string of the molecule is COc1cccc(NC2=C(c3ccccc3)C(=O)N(c3ccccc3Cl)C2=O)c1. The molecule has 0 aromatic heterocycles. The molecule has 4 rings (SSSR count). The summed E-state index contributed by atoms with van der Waals surface area (Å²) in [6.07, 6.45) is 0. The van der Waals surface area contributed by atoms with Gasteiger partial charge in [-0.1, -0.05) is 60.1 Å². The van der Waals surface area contributed by atoms with Crippen LogP contribution in [0.4, 0.5) is 11.4 Å². The number of para-hydroxylation sites is 1. The number of methoxy groups -OCH3 is 1. The molecule has 0 spiro atoms. The Morgan fingerprint density at radius 3 is 2.31 bits per heavy atom. The molecule has 0 saturated heterocycles. The number of carbonyl (C=O) groups is 2. The third-order valence-electron chi connectivity index (χ3n) is 4.58. The van der Waals surface area contributed by atoms with E-state index in [9.17, 15) is 9.59 Å². The highest BCUT2D eigenvalue weighted by molar-refractivity contribution is 6.48. The lowest BCUT2D eigenvalue weighted by atomic mass is 10.0. The van der Waals surface area contributed by atoms with Crippen LogP contribution in [0, 0.1) is 0 Å². The smallest absolute Gasteiger partial charge is 0.282 e. The van der Waals surface area contributed by atoms with E-state index in [0.717, 1.165) is 4.90 Å². The second-order valence-corrected chi connectivity index (χ2v) is 6.78. The van der Waals surface area contributed by atoms with Crippen molar-refractivity contribution >= 4 is 40.4 Å². The summed E-state index contributed by atoms with van der Waals surface area (Å²) < 4.78 is 5.25. The molecule has 0 atom stereocenters. The van der Waals surface area contributed by atoms with Gasteiger partial charge in [0, 0.05) is 11.8 Å². The molecule has 6 heteroatoms. The van der Waals surface area contributed by atoms with Crippen molar-refractivity contribution in [2.24, 2.45) is 0 Å². The van der Waals surface area contributed by atoms with Gasteiger partial charge in [0.05, 0.1) is 23.4 Å². The molecule has 3 aromatic rings. The van der Waals surface area contributed by atoms with E-state index < -0.39 is 11.8 Å². The van der Waals surface area contributed by atoms with Gasteiger partial charge in [-0.05, 0) is 29.8 Å². The summed E-state index contributed by atoms with van der Waals surface area (Å²) in [6.45, 7) is 0. The van der Waals surface area contributed by atoms with Crippen LogP contribution in [-0.2, 0) is 9.59 Å². The highest BCUT2D eigenvalue weighted by Gasteiger charge is 2.40. The zero-order valence-electron chi connectivity index (χ0n) is 15.6. The van der Waals surface area contributed by atoms with Gasteiger partial charge >= 0.3 is 0 Å². The molecule has 3 aromatic carbocycles. The van der Waals surface area contributed by atoms with Crippen molar-refractivity contribution in [2.75, 3.05) is 17.3 Å². The fraction of sp³-hybridized carbons (Fsp3) is 0.0435. The van der Waals surface area contributed by atoms with E-state index in [1.54, 1.807) is 67.8 Å². The van der Waals surface area contributed by atoms with Crippen LogP contribution < -0.4 is 15.0 Å². The fourth-order valence-electron chi connectivity index (χ4n) is 3.22. The van der Waals surface area contributed by atoms with Crippen LogP contribution in [-0.4, -0.2) is 18.9 Å². The molecule has 0 bridgehead atoms. The van der Waals surface area contributed by atoms with Crippen molar-refractivity contribution in [2.45, 2.75) is 0 Å². The molecular weight excluding hydrogens is 388 g/mol. The number of halogens is 1. The average molecular weight is 405 g/mol. The monoisotopic (exact) mass is 404 g/mol. The minimum absolute atomic E-state index is 0.189. The number of amides is 2. The minimum atomic E-state index is -0.468. The van der Waals surface area contributed by atoms with E-state index in [0.29, 0.717) is 33.3 Å². The first kappa shape index (κ1) is 18.8. The molecule has 1 aliphatic rings. The lowest BCUT2D eigenvalue weighted by molar-refractivity contribution is -0.120. The summed E-state index contributed by atoms with van der Waals surface area (Å²) in [5, 5.41) is 3.43. The van der Waals surface area contributed by atoms with Crippen molar-refractivity contribution in [3.8, 4) is 5.75 Å². The van der Waals surface area contributed by atoms with E-state index in [2.05, 4.69) is 5.32 Å². The number of ether oxygens (including phenoxy) is 1. The number of hydrogen-bond donors (Lipinski definition) is 1. The van der Waals surface area contributed by atoms with Crippen molar-refractivity contribution in [3.05, 3.63) is 95.1 Å². The van der Waals surface area contributed by atoms with Gasteiger partial charge in [-0.2, -0.15) is 0 Å².